The Morgan fingerprint density at radius 1 is 1.21 bits per heavy atom. The Bertz CT molecular complexity index is 273. The first kappa shape index (κ1) is 15.3. The number of nitrogens with one attached hydrogen (secondary N) is 3. The molecule has 0 aliphatic carbocycles. The highest BCUT2D eigenvalue weighted by Gasteiger charge is 1.89. The third kappa shape index (κ3) is 5.50. The van der Waals surface area contributed by atoms with E-state index in [0.29, 0.717) is 0 Å². The molecule has 1 aromatic rings. The van der Waals surface area contributed by atoms with E-state index >= 15 is 0 Å². The highest BCUT2D eigenvalue weighted by Crippen LogP contribution is 2.06. The molecule has 0 aliphatic heterocycles. The van der Waals surface area contributed by atoms with Crippen LogP contribution in [0.2, 0.25) is 0 Å². The molecule has 1 aromatic carbocycles. The molecule has 14 heavy (non-hydrogen) atoms. The summed E-state index contributed by atoms with van der Waals surface area (Å²) in [6.07, 6.45) is 0. The van der Waals surface area contributed by atoms with Crippen molar-refractivity contribution in [3.05, 3.63) is 29.8 Å². The maximum Gasteiger partial charge on any atom is 0.204 e. The molecule has 0 aliphatic rings. The van der Waals surface area contributed by atoms with Crippen molar-refractivity contribution in [1.82, 2.24) is 5.43 Å². The zero-order valence-corrected chi connectivity index (χ0v) is 9.34. The van der Waals surface area contributed by atoms with E-state index in [1.165, 1.54) is 5.56 Å². The lowest BCUT2D eigenvalue weighted by atomic mass is 10.2. The summed E-state index contributed by atoms with van der Waals surface area (Å²) in [7, 11) is 0. The van der Waals surface area contributed by atoms with E-state index < -0.39 is 0 Å². The van der Waals surface area contributed by atoms with Gasteiger partial charge in [-0.3, -0.25) is 16.3 Å². The average Bonchev–Trinajstić information content (AvgIpc) is 2.03. The van der Waals surface area contributed by atoms with Crippen LogP contribution in [0.1, 0.15) is 5.56 Å². The number of anilines is 1. The molecule has 4 nitrogen and oxygen atoms in total. The fraction of sp³-hybridized carbons (Fsp3) is 0.125. The normalized spacial score (nSPS) is 7.79. The number of benzene rings is 1. The molecule has 0 radical (unpaired) electrons. The van der Waals surface area contributed by atoms with Gasteiger partial charge < -0.3 is 5.73 Å². The van der Waals surface area contributed by atoms with Gasteiger partial charge in [0, 0.05) is 0 Å². The third-order valence-corrected chi connectivity index (χ3v) is 1.39. The van der Waals surface area contributed by atoms with E-state index in [-0.39, 0.29) is 30.8 Å². The number of nitrogens with two attached hydrogens (primary N) is 1. The molecule has 6 heteroatoms. The van der Waals surface area contributed by atoms with Gasteiger partial charge in [0.05, 0.1) is 5.69 Å². The topological polar surface area (TPSA) is 73.9 Å². The second-order valence-corrected chi connectivity index (χ2v) is 2.53. The first-order valence-corrected chi connectivity index (χ1v) is 3.61. The summed E-state index contributed by atoms with van der Waals surface area (Å²) in [4.78, 5) is 0. The Hall–Kier alpha value is -1.13. The number of hydrogen-bond acceptors (Lipinski definition) is 2. The van der Waals surface area contributed by atoms with Gasteiger partial charge in [0.1, 0.15) is 0 Å². The van der Waals surface area contributed by atoms with Gasteiger partial charge >= 0.3 is 0 Å². The lowest BCUT2D eigenvalue weighted by Crippen LogP contribution is -2.34. The second kappa shape index (κ2) is 7.29. The maximum atomic E-state index is 6.89. The van der Waals surface area contributed by atoms with Gasteiger partial charge in [0.15, 0.2) is 0 Å². The smallest absolute Gasteiger partial charge is 0.204 e. The summed E-state index contributed by atoms with van der Waals surface area (Å²) in [5, 5.41) is 6.89. The molecular weight excluding hydrogens is 223 g/mol. The van der Waals surface area contributed by atoms with Crippen LogP contribution in [0.3, 0.4) is 0 Å². The Kier molecular flexibility index (Phi) is 7.99. The highest BCUT2D eigenvalue weighted by molar-refractivity contribution is 5.85. The summed E-state index contributed by atoms with van der Waals surface area (Å²) in [5.41, 5.74) is 12.4. The first-order valence-electron chi connectivity index (χ1n) is 3.61. The van der Waals surface area contributed by atoms with Crippen LogP contribution in [0.5, 0.6) is 0 Å². The predicted octanol–water partition coefficient (Wildman–Crippen LogP) is 1.65. The van der Waals surface area contributed by atoms with Crippen molar-refractivity contribution in [3.8, 4) is 0 Å². The molecule has 0 aromatic heterocycles. The first-order chi connectivity index (χ1) is 5.68. The SMILES string of the molecule is Cc1ccc(NNC(=N)N)cc1.Cl.Cl. The molecule has 0 atom stereocenters. The third-order valence-electron chi connectivity index (χ3n) is 1.39. The van der Waals surface area contributed by atoms with Crippen LogP contribution >= 0.6 is 24.8 Å². The van der Waals surface area contributed by atoms with Gasteiger partial charge in [0.25, 0.3) is 0 Å². The average molecular weight is 237 g/mol. The standard InChI is InChI=1S/C8H12N4.2ClH/c1-6-2-4-7(5-3-6)11-12-8(9)10;;/h2-5,11H,1H3,(H4,9,10,12);2*1H. The number of guanidine groups is 1. The molecule has 80 valence electrons. The Balaban J connectivity index is 0. The summed E-state index contributed by atoms with van der Waals surface area (Å²) >= 11 is 0. The Labute approximate surface area is 95.6 Å². The van der Waals surface area contributed by atoms with Crippen LogP contribution in [-0.4, -0.2) is 5.96 Å². The van der Waals surface area contributed by atoms with Crippen molar-refractivity contribution >= 4 is 36.5 Å². The van der Waals surface area contributed by atoms with Crippen LogP contribution in [0.25, 0.3) is 0 Å². The van der Waals surface area contributed by atoms with Crippen LogP contribution < -0.4 is 16.6 Å². The molecule has 0 unspecified atom stereocenters. The molecule has 0 bridgehead atoms. The molecular formula is C8H14Cl2N4. The van der Waals surface area contributed by atoms with Crippen molar-refractivity contribution in [2.45, 2.75) is 6.92 Å². The monoisotopic (exact) mass is 236 g/mol. The summed E-state index contributed by atoms with van der Waals surface area (Å²) in [6, 6.07) is 7.77. The second-order valence-electron chi connectivity index (χ2n) is 2.53. The van der Waals surface area contributed by atoms with Gasteiger partial charge in [-0.05, 0) is 19.1 Å². The Morgan fingerprint density at radius 2 is 1.71 bits per heavy atom. The van der Waals surface area contributed by atoms with E-state index in [1.54, 1.807) is 0 Å². The lowest BCUT2D eigenvalue weighted by Gasteiger charge is -2.06. The van der Waals surface area contributed by atoms with Gasteiger partial charge in [-0.25, -0.2) is 0 Å². The van der Waals surface area contributed by atoms with Crippen molar-refractivity contribution in [3.63, 3.8) is 0 Å². The van der Waals surface area contributed by atoms with Crippen LogP contribution in [0.4, 0.5) is 5.69 Å². The van der Waals surface area contributed by atoms with Gasteiger partial charge in [0.2, 0.25) is 5.96 Å². The van der Waals surface area contributed by atoms with E-state index in [1.807, 2.05) is 31.2 Å². The number of hydrogen-bond donors (Lipinski definition) is 4. The molecule has 0 fully saturated rings. The van der Waals surface area contributed by atoms with Crippen LogP contribution in [0, 0.1) is 12.3 Å². The number of rotatable bonds is 2. The lowest BCUT2D eigenvalue weighted by molar-refractivity contribution is 1.08. The van der Waals surface area contributed by atoms with Gasteiger partial charge in [-0.15, -0.1) is 24.8 Å². The maximum absolute atomic E-state index is 6.89. The van der Waals surface area contributed by atoms with Crippen molar-refractivity contribution in [2.75, 3.05) is 5.43 Å². The molecule has 5 N–H and O–H groups in total. The minimum atomic E-state index is -0.101. The number of halogens is 2. The van der Waals surface area contributed by atoms with Gasteiger partial charge in [-0.1, -0.05) is 17.7 Å². The Morgan fingerprint density at radius 3 is 2.14 bits per heavy atom. The highest BCUT2D eigenvalue weighted by atomic mass is 35.5. The number of aryl methyl sites for hydroxylation is 1. The molecule has 0 spiro atoms. The van der Waals surface area contributed by atoms with Crippen molar-refractivity contribution in [2.24, 2.45) is 5.73 Å². The quantitative estimate of drug-likeness (QED) is 0.359. The van der Waals surface area contributed by atoms with E-state index in [0.717, 1.165) is 5.69 Å². The summed E-state index contributed by atoms with van der Waals surface area (Å²) < 4.78 is 0. The summed E-state index contributed by atoms with van der Waals surface area (Å²) in [5.74, 6) is -0.101. The number of hydrazine groups is 1. The molecule has 0 saturated heterocycles. The summed E-state index contributed by atoms with van der Waals surface area (Å²) in [6.45, 7) is 2.02. The van der Waals surface area contributed by atoms with Crippen LogP contribution in [0.15, 0.2) is 24.3 Å². The largest absolute Gasteiger partial charge is 0.369 e. The fourth-order valence-electron chi connectivity index (χ4n) is 0.776. The minimum absolute atomic E-state index is 0. The zero-order chi connectivity index (χ0) is 8.97. The molecule has 1 rings (SSSR count). The minimum Gasteiger partial charge on any atom is -0.369 e. The van der Waals surface area contributed by atoms with Crippen LogP contribution in [-0.2, 0) is 0 Å². The molecule has 0 saturated carbocycles. The molecule has 0 amide bonds. The van der Waals surface area contributed by atoms with Crippen molar-refractivity contribution in [1.29, 1.82) is 5.41 Å². The van der Waals surface area contributed by atoms with Gasteiger partial charge in [-0.2, -0.15) is 0 Å². The van der Waals surface area contributed by atoms with E-state index in [2.05, 4.69) is 10.9 Å². The fourth-order valence-corrected chi connectivity index (χ4v) is 0.776. The van der Waals surface area contributed by atoms with Crippen molar-refractivity contribution < 1.29 is 0 Å². The predicted molar refractivity (Wildman–Crippen MR) is 64.3 cm³/mol. The molecule has 0 heterocycles. The zero-order valence-electron chi connectivity index (χ0n) is 7.70. The van der Waals surface area contributed by atoms with E-state index in [4.69, 9.17) is 11.1 Å². The van der Waals surface area contributed by atoms with E-state index in [9.17, 15) is 0 Å².